The molecule has 1 fully saturated rings. The van der Waals surface area contributed by atoms with Gasteiger partial charge in [0.25, 0.3) is 5.91 Å². The molecule has 166 valence electrons. The average molecular weight is 439 g/mol. The molecule has 2 heterocycles. The number of benzene rings is 3. The highest BCUT2D eigenvalue weighted by atomic mass is 16.5. The monoisotopic (exact) mass is 438 g/mol. The van der Waals surface area contributed by atoms with Gasteiger partial charge in [0, 0.05) is 55.7 Å². The average Bonchev–Trinajstić information content (AvgIpc) is 3.37. The zero-order chi connectivity index (χ0) is 22.5. The number of aromatic nitrogens is 1. The smallest absolute Gasteiger partial charge is 0.294 e. The second kappa shape index (κ2) is 9.71. The molecule has 33 heavy (non-hydrogen) atoms. The van der Waals surface area contributed by atoms with E-state index in [4.69, 9.17) is 4.52 Å². The first-order valence-corrected chi connectivity index (χ1v) is 11.2. The normalized spacial score (nSPS) is 14.2. The lowest BCUT2D eigenvalue weighted by Crippen LogP contribution is -2.45. The van der Waals surface area contributed by atoms with Crippen LogP contribution in [0.4, 0.5) is 11.4 Å². The quantitative estimate of drug-likeness (QED) is 0.463. The summed E-state index contributed by atoms with van der Waals surface area (Å²) in [5.74, 6) is -0.126. The lowest BCUT2D eigenvalue weighted by Gasteiger charge is -2.36. The van der Waals surface area contributed by atoms with Crippen LogP contribution in [-0.2, 0) is 6.54 Å². The lowest BCUT2D eigenvalue weighted by molar-refractivity contribution is 0.0988. The van der Waals surface area contributed by atoms with Crippen molar-refractivity contribution >= 4 is 17.3 Å². The van der Waals surface area contributed by atoms with Crippen molar-refractivity contribution in [1.29, 1.82) is 0 Å². The zero-order valence-corrected chi connectivity index (χ0v) is 18.4. The van der Waals surface area contributed by atoms with Gasteiger partial charge in [0.05, 0.1) is 0 Å². The summed E-state index contributed by atoms with van der Waals surface area (Å²) in [6.45, 7) is 5.02. The fourth-order valence-corrected chi connectivity index (χ4v) is 4.08. The molecule has 1 N–H and O–H groups in total. The van der Waals surface area contributed by atoms with Gasteiger partial charge >= 0.3 is 0 Å². The van der Waals surface area contributed by atoms with E-state index < -0.39 is 0 Å². The van der Waals surface area contributed by atoms with E-state index in [0.29, 0.717) is 5.69 Å². The van der Waals surface area contributed by atoms with Crippen molar-refractivity contribution in [1.82, 2.24) is 10.1 Å². The fourth-order valence-electron chi connectivity index (χ4n) is 4.08. The van der Waals surface area contributed by atoms with Gasteiger partial charge in [0.15, 0.2) is 0 Å². The minimum absolute atomic E-state index is 0.187. The predicted octanol–water partition coefficient (Wildman–Crippen LogP) is 4.92. The molecule has 1 amide bonds. The molecule has 3 aromatic carbocycles. The third-order valence-electron chi connectivity index (χ3n) is 5.92. The number of hydrogen-bond donors (Lipinski definition) is 1. The number of anilines is 2. The Kier molecular flexibility index (Phi) is 6.17. The van der Waals surface area contributed by atoms with Crippen LogP contribution in [0.25, 0.3) is 11.3 Å². The SMILES string of the molecule is O=C(Nc1ccc(N2CCN(Cc3ccccc3)CC2)cc1)c1cc(-c2ccccc2)no1. The number of carbonyl (C=O) groups is 1. The third kappa shape index (κ3) is 5.13. The van der Waals surface area contributed by atoms with Gasteiger partial charge in [-0.3, -0.25) is 9.69 Å². The van der Waals surface area contributed by atoms with Gasteiger partial charge in [-0.25, -0.2) is 0 Å². The van der Waals surface area contributed by atoms with Crippen molar-refractivity contribution in [2.45, 2.75) is 6.54 Å². The molecule has 1 saturated heterocycles. The van der Waals surface area contributed by atoms with E-state index >= 15 is 0 Å². The number of piperazine rings is 1. The Morgan fingerprint density at radius 1 is 0.848 bits per heavy atom. The van der Waals surface area contributed by atoms with Crippen LogP contribution in [0.15, 0.2) is 95.5 Å². The van der Waals surface area contributed by atoms with Crippen LogP contribution in [0.5, 0.6) is 0 Å². The highest BCUT2D eigenvalue weighted by Crippen LogP contribution is 2.22. The Bertz CT molecular complexity index is 1180. The van der Waals surface area contributed by atoms with Gasteiger partial charge in [-0.15, -0.1) is 0 Å². The molecular weight excluding hydrogens is 412 g/mol. The van der Waals surface area contributed by atoms with Gasteiger partial charge in [-0.1, -0.05) is 65.8 Å². The van der Waals surface area contributed by atoms with Crippen molar-refractivity contribution in [3.05, 3.63) is 102 Å². The Balaban J connectivity index is 1.15. The van der Waals surface area contributed by atoms with Gasteiger partial charge in [-0.05, 0) is 29.8 Å². The molecule has 0 bridgehead atoms. The molecule has 0 spiro atoms. The minimum Gasteiger partial charge on any atom is -0.369 e. The van der Waals surface area contributed by atoms with Crippen LogP contribution in [0.3, 0.4) is 0 Å². The molecule has 0 unspecified atom stereocenters. The summed E-state index contributed by atoms with van der Waals surface area (Å²) in [6, 6.07) is 29.9. The molecule has 1 aliphatic rings. The van der Waals surface area contributed by atoms with Crippen LogP contribution >= 0.6 is 0 Å². The van der Waals surface area contributed by atoms with Crippen molar-refractivity contribution in [3.8, 4) is 11.3 Å². The molecule has 4 aromatic rings. The molecule has 0 saturated carbocycles. The summed E-state index contributed by atoms with van der Waals surface area (Å²) in [7, 11) is 0. The summed E-state index contributed by atoms with van der Waals surface area (Å²) in [4.78, 5) is 17.4. The Labute approximate surface area is 193 Å². The van der Waals surface area contributed by atoms with E-state index in [1.54, 1.807) is 6.07 Å². The highest BCUT2D eigenvalue weighted by Gasteiger charge is 2.18. The Hall–Kier alpha value is -3.90. The summed E-state index contributed by atoms with van der Waals surface area (Å²) in [5, 5.41) is 6.90. The van der Waals surface area contributed by atoms with Gasteiger partial charge in [0.1, 0.15) is 5.69 Å². The molecule has 6 heteroatoms. The van der Waals surface area contributed by atoms with Crippen molar-refractivity contribution < 1.29 is 9.32 Å². The summed E-state index contributed by atoms with van der Waals surface area (Å²) in [5.41, 5.74) is 4.80. The molecule has 5 rings (SSSR count). The molecular formula is C27H26N4O2. The second-order valence-electron chi connectivity index (χ2n) is 8.19. The van der Waals surface area contributed by atoms with Crippen LogP contribution in [0.2, 0.25) is 0 Å². The number of carbonyl (C=O) groups excluding carboxylic acids is 1. The van der Waals surface area contributed by atoms with Crippen molar-refractivity contribution in [2.75, 3.05) is 36.4 Å². The fraction of sp³-hybridized carbons (Fsp3) is 0.185. The maximum Gasteiger partial charge on any atom is 0.294 e. The largest absolute Gasteiger partial charge is 0.369 e. The first kappa shape index (κ1) is 21.0. The topological polar surface area (TPSA) is 61.6 Å². The Morgan fingerprint density at radius 2 is 1.52 bits per heavy atom. The molecule has 0 aliphatic carbocycles. The van der Waals surface area contributed by atoms with Gasteiger partial charge in [-0.2, -0.15) is 0 Å². The predicted molar refractivity (Wildman–Crippen MR) is 130 cm³/mol. The Morgan fingerprint density at radius 3 is 2.21 bits per heavy atom. The van der Waals surface area contributed by atoms with Crippen molar-refractivity contribution in [2.24, 2.45) is 0 Å². The number of hydrogen-bond acceptors (Lipinski definition) is 5. The van der Waals surface area contributed by atoms with Crippen molar-refractivity contribution in [3.63, 3.8) is 0 Å². The van der Waals surface area contributed by atoms with Gasteiger partial charge in [0.2, 0.25) is 5.76 Å². The molecule has 6 nitrogen and oxygen atoms in total. The third-order valence-corrected chi connectivity index (χ3v) is 5.92. The van der Waals surface area contributed by atoms with Crippen LogP contribution < -0.4 is 10.2 Å². The maximum absolute atomic E-state index is 12.6. The maximum atomic E-state index is 12.6. The molecule has 0 atom stereocenters. The second-order valence-corrected chi connectivity index (χ2v) is 8.19. The van der Waals surface area contributed by atoms with Gasteiger partial charge < -0.3 is 14.7 Å². The molecule has 1 aliphatic heterocycles. The summed E-state index contributed by atoms with van der Waals surface area (Å²) in [6.07, 6.45) is 0. The number of nitrogens with one attached hydrogen (secondary N) is 1. The number of rotatable bonds is 6. The zero-order valence-electron chi connectivity index (χ0n) is 18.4. The minimum atomic E-state index is -0.313. The van der Waals surface area contributed by atoms with E-state index in [1.165, 1.54) is 11.3 Å². The van der Waals surface area contributed by atoms with E-state index in [9.17, 15) is 4.79 Å². The van der Waals surface area contributed by atoms with E-state index in [0.717, 1.165) is 44.0 Å². The molecule has 0 radical (unpaired) electrons. The van der Waals surface area contributed by atoms with Crippen LogP contribution in [0.1, 0.15) is 16.1 Å². The van der Waals surface area contributed by atoms with Crippen LogP contribution in [0, 0.1) is 0 Å². The summed E-state index contributed by atoms with van der Waals surface area (Å²) < 4.78 is 5.25. The summed E-state index contributed by atoms with van der Waals surface area (Å²) >= 11 is 0. The number of nitrogens with zero attached hydrogens (tertiary/aromatic N) is 3. The van der Waals surface area contributed by atoms with E-state index in [-0.39, 0.29) is 11.7 Å². The lowest BCUT2D eigenvalue weighted by atomic mass is 10.1. The van der Waals surface area contributed by atoms with E-state index in [2.05, 4.69) is 62.7 Å². The number of amides is 1. The standard InChI is InChI=1S/C27H26N4O2/c32-27(26-19-25(29-33-26)22-9-5-2-6-10-22)28-23-11-13-24(14-12-23)31-17-15-30(16-18-31)20-21-7-3-1-4-8-21/h1-14,19H,15-18,20H2,(H,28,32). The van der Waals surface area contributed by atoms with E-state index in [1.807, 2.05) is 42.5 Å². The first-order chi connectivity index (χ1) is 16.2. The highest BCUT2D eigenvalue weighted by molar-refractivity contribution is 6.02. The molecule has 1 aromatic heterocycles. The van der Waals surface area contributed by atoms with Crippen LogP contribution in [-0.4, -0.2) is 42.1 Å². The first-order valence-electron chi connectivity index (χ1n) is 11.2.